The van der Waals surface area contributed by atoms with Crippen LogP contribution in [0.5, 0.6) is 0 Å². The van der Waals surface area contributed by atoms with Crippen LogP contribution in [0, 0.1) is 6.92 Å². The molecule has 1 nitrogen and oxygen atoms in total. The van der Waals surface area contributed by atoms with Gasteiger partial charge in [-0.2, -0.15) is 0 Å². The SMILES string of the molecule is CC.Cc1cc2cc(Cl)cc(Cl)c2[nH]1. The lowest BCUT2D eigenvalue weighted by molar-refractivity contribution is 1.30. The molecule has 1 heterocycles. The predicted molar refractivity (Wildman–Crippen MR) is 64.4 cm³/mol. The Morgan fingerprint density at radius 2 is 1.71 bits per heavy atom. The molecule has 0 atom stereocenters. The summed E-state index contributed by atoms with van der Waals surface area (Å²) in [5.74, 6) is 0. The fraction of sp³-hybridized carbons (Fsp3) is 0.273. The highest BCUT2D eigenvalue weighted by molar-refractivity contribution is 6.38. The van der Waals surface area contributed by atoms with Gasteiger partial charge in [-0.3, -0.25) is 0 Å². The van der Waals surface area contributed by atoms with E-state index in [1.54, 1.807) is 6.07 Å². The zero-order valence-electron chi connectivity index (χ0n) is 8.49. The molecular formula is C11H13Cl2N. The summed E-state index contributed by atoms with van der Waals surface area (Å²) in [6.45, 7) is 5.99. The molecule has 1 aromatic carbocycles. The Morgan fingerprint density at radius 1 is 1.07 bits per heavy atom. The van der Waals surface area contributed by atoms with E-state index >= 15 is 0 Å². The second-order valence-corrected chi connectivity index (χ2v) is 3.65. The Morgan fingerprint density at radius 3 is 2.36 bits per heavy atom. The summed E-state index contributed by atoms with van der Waals surface area (Å²) in [4.78, 5) is 3.16. The topological polar surface area (TPSA) is 15.8 Å². The summed E-state index contributed by atoms with van der Waals surface area (Å²) in [6, 6.07) is 5.65. The van der Waals surface area contributed by atoms with E-state index in [-0.39, 0.29) is 0 Å². The van der Waals surface area contributed by atoms with Crippen LogP contribution in [0.2, 0.25) is 10.0 Å². The monoisotopic (exact) mass is 229 g/mol. The number of aryl methyl sites for hydroxylation is 1. The third kappa shape index (κ3) is 2.23. The third-order valence-corrected chi connectivity index (χ3v) is 2.30. The third-order valence-electron chi connectivity index (χ3n) is 1.78. The van der Waals surface area contributed by atoms with Gasteiger partial charge in [0.15, 0.2) is 0 Å². The molecule has 0 radical (unpaired) electrons. The van der Waals surface area contributed by atoms with E-state index in [0.717, 1.165) is 16.6 Å². The Balaban J connectivity index is 0.000000461. The maximum Gasteiger partial charge on any atom is 0.0661 e. The van der Waals surface area contributed by atoms with Gasteiger partial charge >= 0.3 is 0 Å². The van der Waals surface area contributed by atoms with Gasteiger partial charge < -0.3 is 4.98 Å². The Kier molecular flexibility index (Phi) is 3.85. The molecule has 1 N–H and O–H groups in total. The maximum atomic E-state index is 5.96. The molecule has 0 aliphatic heterocycles. The summed E-state index contributed by atoms with van der Waals surface area (Å²) in [5.41, 5.74) is 2.05. The molecule has 1 aromatic heterocycles. The molecule has 2 rings (SSSR count). The lowest BCUT2D eigenvalue weighted by Gasteiger charge is -1.94. The Hall–Kier alpha value is -0.660. The zero-order valence-corrected chi connectivity index (χ0v) is 10.00. The first-order chi connectivity index (χ1) is 6.66. The predicted octanol–water partition coefficient (Wildman–Crippen LogP) is 4.81. The number of fused-ring (bicyclic) bond motifs is 1. The van der Waals surface area contributed by atoms with E-state index in [9.17, 15) is 0 Å². The molecule has 2 aromatic rings. The highest BCUT2D eigenvalue weighted by Gasteiger charge is 2.02. The van der Waals surface area contributed by atoms with Crippen LogP contribution in [0.4, 0.5) is 0 Å². The summed E-state index contributed by atoms with van der Waals surface area (Å²) in [5, 5.41) is 2.40. The Labute approximate surface area is 94.0 Å². The summed E-state index contributed by atoms with van der Waals surface area (Å²) < 4.78 is 0. The smallest absolute Gasteiger partial charge is 0.0661 e. The zero-order chi connectivity index (χ0) is 10.7. The van der Waals surface area contributed by atoms with Gasteiger partial charge in [-0.1, -0.05) is 37.0 Å². The minimum Gasteiger partial charge on any atom is -0.357 e. The van der Waals surface area contributed by atoms with Gasteiger partial charge in [-0.25, -0.2) is 0 Å². The molecule has 0 saturated heterocycles. The van der Waals surface area contributed by atoms with E-state index in [1.807, 2.05) is 32.9 Å². The van der Waals surface area contributed by atoms with E-state index in [1.165, 1.54) is 0 Å². The lowest BCUT2D eigenvalue weighted by Crippen LogP contribution is -1.71. The average Bonchev–Trinajstić information content (AvgIpc) is 2.49. The fourth-order valence-corrected chi connectivity index (χ4v) is 1.86. The van der Waals surface area contributed by atoms with Crippen molar-refractivity contribution >= 4 is 34.1 Å². The number of hydrogen-bond acceptors (Lipinski definition) is 0. The standard InChI is InChI=1S/C9H7Cl2N.C2H6/c1-5-2-6-3-7(10)4-8(11)9(6)12-5;1-2/h2-4,12H,1H3;1-2H3. The van der Waals surface area contributed by atoms with E-state index in [4.69, 9.17) is 23.2 Å². The first kappa shape index (κ1) is 11.4. The number of hydrogen-bond donors (Lipinski definition) is 1. The van der Waals surface area contributed by atoms with Crippen LogP contribution in [0.25, 0.3) is 10.9 Å². The second kappa shape index (κ2) is 4.72. The molecule has 76 valence electrons. The lowest BCUT2D eigenvalue weighted by atomic mass is 10.2. The largest absolute Gasteiger partial charge is 0.357 e. The van der Waals surface area contributed by atoms with Crippen molar-refractivity contribution in [3.05, 3.63) is 33.9 Å². The first-order valence-corrected chi connectivity index (χ1v) is 5.37. The summed E-state index contributed by atoms with van der Waals surface area (Å²) in [7, 11) is 0. The molecular weight excluding hydrogens is 217 g/mol. The number of halogens is 2. The molecule has 0 aliphatic rings. The summed E-state index contributed by atoms with van der Waals surface area (Å²) in [6.07, 6.45) is 0. The minimum absolute atomic E-state index is 0.672. The van der Waals surface area contributed by atoms with Crippen LogP contribution in [0.15, 0.2) is 18.2 Å². The molecule has 0 saturated carbocycles. The Bertz CT molecular complexity index is 432. The highest BCUT2D eigenvalue weighted by atomic mass is 35.5. The second-order valence-electron chi connectivity index (χ2n) is 2.80. The van der Waals surface area contributed by atoms with Gasteiger partial charge in [0.25, 0.3) is 0 Å². The average molecular weight is 230 g/mol. The van der Waals surface area contributed by atoms with Crippen molar-refractivity contribution in [1.29, 1.82) is 0 Å². The molecule has 3 heteroatoms. The van der Waals surface area contributed by atoms with Crippen molar-refractivity contribution in [2.45, 2.75) is 20.8 Å². The van der Waals surface area contributed by atoms with Gasteiger partial charge in [-0.05, 0) is 25.1 Å². The quantitative estimate of drug-likeness (QED) is 0.668. The molecule has 0 unspecified atom stereocenters. The molecule has 0 aliphatic carbocycles. The van der Waals surface area contributed by atoms with Crippen molar-refractivity contribution in [3.8, 4) is 0 Å². The minimum atomic E-state index is 0.672. The number of nitrogens with one attached hydrogen (secondary N) is 1. The van der Waals surface area contributed by atoms with Crippen LogP contribution in [-0.2, 0) is 0 Å². The van der Waals surface area contributed by atoms with Crippen molar-refractivity contribution in [2.75, 3.05) is 0 Å². The van der Waals surface area contributed by atoms with Crippen molar-refractivity contribution in [1.82, 2.24) is 4.98 Å². The normalized spacial score (nSPS) is 9.79. The molecule has 0 fully saturated rings. The number of aromatic nitrogens is 1. The maximum absolute atomic E-state index is 5.96. The van der Waals surface area contributed by atoms with Crippen LogP contribution in [-0.4, -0.2) is 4.98 Å². The van der Waals surface area contributed by atoms with Gasteiger partial charge in [-0.15, -0.1) is 0 Å². The van der Waals surface area contributed by atoms with Crippen LogP contribution in [0.1, 0.15) is 19.5 Å². The van der Waals surface area contributed by atoms with Gasteiger partial charge in [0.05, 0.1) is 10.5 Å². The number of rotatable bonds is 0. The van der Waals surface area contributed by atoms with Gasteiger partial charge in [0.1, 0.15) is 0 Å². The molecule has 0 bridgehead atoms. The summed E-state index contributed by atoms with van der Waals surface area (Å²) >= 11 is 11.8. The van der Waals surface area contributed by atoms with E-state index in [0.29, 0.717) is 10.0 Å². The van der Waals surface area contributed by atoms with Crippen molar-refractivity contribution in [2.24, 2.45) is 0 Å². The molecule has 14 heavy (non-hydrogen) atoms. The number of benzene rings is 1. The fourth-order valence-electron chi connectivity index (χ4n) is 1.31. The van der Waals surface area contributed by atoms with E-state index in [2.05, 4.69) is 4.98 Å². The van der Waals surface area contributed by atoms with Crippen LogP contribution >= 0.6 is 23.2 Å². The number of aromatic amines is 1. The van der Waals surface area contributed by atoms with Gasteiger partial charge in [0, 0.05) is 16.1 Å². The first-order valence-electron chi connectivity index (χ1n) is 4.61. The van der Waals surface area contributed by atoms with Gasteiger partial charge in [0.2, 0.25) is 0 Å². The molecule has 0 amide bonds. The van der Waals surface area contributed by atoms with Crippen LogP contribution < -0.4 is 0 Å². The van der Waals surface area contributed by atoms with E-state index < -0.39 is 0 Å². The van der Waals surface area contributed by atoms with Crippen LogP contribution in [0.3, 0.4) is 0 Å². The number of H-pyrrole nitrogens is 1. The highest BCUT2D eigenvalue weighted by Crippen LogP contribution is 2.27. The van der Waals surface area contributed by atoms with Crippen molar-refractivity contribution < 1.29 is 0 Å². The van der Waals surface area contributed by atoms with Crippen molar-refractivity contribution in [3.63, 3.8) is 0 Å². The molecule has 0 spiro atoms.